The van der Waals surface area contributed by atoms with Crippen molar-refractivity contribution in [2.45, 2.75) is 38.5 Å². The van der Waals surface area contributed by atoms with Crippen molar-refractivity contribution in [2.75, 3.05) is 7.11 Å². The molecule has 2 rings (SSSR count). The molecule has 1 aromatic rings. The number of rotatable bonds is 3. The maximum Gasteiger partial charge on any atom is 0.187 e. The number of carbonyl (C=O) groups excluding carboxylic acids is 1. The minimum absolute atomic E-state index is 0.154. The van der Waals surface area contributed by atoms with Gasteiger partial charge in [0.2, 0.25) is 0 Å². The van der Waals surface area contributed by atoms with E-state index in [2.05, 4.69) is 5.10 Å². The minimum Gasteiger partial charge on any atom is -0.493 e. The van der Waals surface area contributed by atoms with Crippen LogP contribution in [-0.2, 0) is 7.05 Å². The number of hydrogen-bond acceptors (Lipinski definition) is 3. The van der Waals surface area contributed by atoms with Crippen LogP contribution in [0.4, 0.5) is 0 Å². The van der Waals surface area contributed by atoms with Gasteiger partial charge in [0.05, 0.1) is 13.3 Å². The molecule has 0 unspecified atom stereocenters. The second-order valence-corrected chi connectivity index (χ2v) is 4.74. The summed E-state index contributed by atoms with van der Waals surface area (Å²) in [4.78, 5) is 12.5. The van der Waals surface area contributed by atoms with Crippen LogP contribution in [0.3, 0.4) is 0 Å². The van der Waals surface area contributed by atoms with Crippen LogP contribution in [0.5, 0.6) is 5.75 Å². The molecule has 1 aliphatic rings. The van der Waals surface area contributed by atoms with Gasteiger partial charge in [-0.1, -0.05) is 25.7 Å². The lowest BCUT2D eigenvalue weighted by molar-refractivity contribution is 0.0895. The highest BCUT2D eigenvalue weighted by atomic mass is 16.5. The predicted octanol–water partition coefficient (Wildman–Crippen LogP) is 2.58. The van der Waals surface area contributed by atoms with Gasteiger partial charge in [-0.2, -0.15) is 5.10 Å². The Hall–Kier alpha value is -1.32. The number of hydrogen-bond donors (Lipinski definition) is 0. The van der Waals surface area contributed by atoms with Crippen LogP contribution >= 0.6 is 0 Å². The lowest BCUT2D eigenvalue weighted by Crippen LogP contribution is -2.18. The van der Waals surface area contributed by atoms with E-state index in [0.717, 1.165) is 25.7 Å². The van der Waals surface area contributed by atoms with Crippen LogP contribution < -0.4 is 4.74 Å². The van der Waals surface area contributed by atoms with Crippen molar-refractivity contribution in [2.24, 2.45) is 13.0 Å². The molecule has 1 heterocycles. The van der Waals surface area contributed by atoms with Crippen LogP contribution in [0.25, 0.3) is 0 Å². The Kier molecular flexibility index (Phi) is 3.82. The standard InChI is InChI=1S/C13H20N2O2/c1-15-12(11(17-2)9-14-15)13(16)10-7-5-3-4-6-8-10/h9-10H,3-8H2,1-2H3. The Labute approximate surface area is 102 Å². The van der Waals surface area contributed by atoms with Gasteiger partial charge in [-0.05, 0) is 12.8 Å². The average Bonchev–Trinajstić information content (AvgIpc) is 2.56. The molecule has 1 saturated carbocycles. The van der Waals surface area contributed by atoms with Gasteiger partial charge >= 0.3 is 0 Å². The molecule has 1 aromatic heterocycles. The van der Waals surface area contributed by atoms with Gasteiger partial charge in [-0.3, -0.25) is 9.48 Å². The first kappa shape index (κ1) is 12.1. The fraction of sp³-hybridized carbons (Fsp3) is 0.692. The van der Waals surface area contributed by atoms with E-state index in [1.54, 1.807) is 25.0 Å². The summed E-state index contributed by atoms with van der Waals surface area (Å²) in [5, 5.41) is 4.10. The highest BCUT2D eigenvalue weighted by molar-refractivity contribution is 5.98. The van der Waals surface area contributed by atoms with Crippen molar-refractivity contribution in [1.29, 1.82) is 0 Å². The lowest BCUT2D eigenvalue weighted by atomic mass is 9.93. The summed E-state index contributed by atoms with van der Waals surface area (Å²) in [5.41, 5.74) is 0.624. The smallest absolute Gasteiger partial charge is 0.187 e. The normalized spacial score (nSPS) is 17.8. The first-order valence-corrected chi connectivity index (χ1v) is 6.34. The number of aryl methyl sites for hydroxylation is 1. The van der Waals surface area contributed by atoms with Crippen molar-refractivity contribution < 1.29 is 9.53 Å². The van der Waals surface area contributed by atoms with Crippen LogP contribution in [0, 0.1) is 5.92 Å². The molecule has 0 aromatic carbocycles. The number of ether oxygens (including phenoxy) is 1. The Balaban J connectivity index is 2.20. The summed E-state index contributed by atoms with van der Waals surface area (Å²) in [7, 11) is 3.38. The molecular weight excluding hydrogens is 216 g/mol. The molecule has 0 aliphatic heterocycles. The number of Topliss-reactive ketones (excluding diaryl/α,β-unsaturated/α-hetero) is 1. The zero-order valence-electron chi connectivity index (χ0n) is 10.6. The Morgan fingerprint density at radius 2 is 2.00 bits per heavy atom. The molecule has 0 spiro atoms. The zero-order chi connectivity index (χ0) is 12.3. The Morgan fingerprint density at radius 3 is 2.59 bits per heavy atom. The highest BCUT2D eigenvalue weighted by Gasteiger charge is 2.26. The van der Waals surface area contributed by atoms with Crippen molar-refractivity contribution >= 4 is 5.78 Å². The second-order valence-electron chi connectivity index (χ2n) is 4.74. The van der Waals surface area contributed by atoms with Crippen LogP contribution in [0.1, 0.15) is 49.0 Å². The maximum absolute atomic E-state index is 12.5. The molecule has 1 fully saturated rings. The van der Waals surface area contributed by atoms with E-state index >= 15 is 0 Å². The van der Waals surface area contributed by atoms with E-state index in [-0.39, 0.29) is 11.7 Å². The van der Waals surface area contributed by atoms with Gasteiger partial charge in [0, 0.05) is 13.0 Å². The summed E-state index contributed by atoms with van der Waals surface area (Å²) in [6.45, 7) is 0. The third-order valence-corrected chi connectivity index (χ3v) is 3.58. The van der Waals surface area contributed by atoms with Gasteiger partial charge in [-0.25, -0.2) is 0 Å². The summed E-state index contributed by atoms with van der Waals surface area (Å²) in [5.74, 6) is 0.951. The topological polar surface area (TPSA) is 44.1 Å². The van der Waals surface area contributed by atoms with Gasteiger partial charge < -0.3 is 4.74 Å². The molecule has 0 N–H and O–H groups in total. The fourth-order valence-corrected chi connectivity index (χ4v) is 2.58. The van der Waals surface area contributed by atoms with Crippen LogP contribution in [0.15, 0.2) is 6.20 Å². The molecule has 0 saturated heterocycles. The van der Waals surface area contributed by atoms with Crippen molar-refractivity contribution in [3.63, 3.8) is 0 Å². The van der Waals surface area contributed by atoms with Gasteiger partial charge in [0.25, 0.3) is 0 Å². The van der Waals surface area contributed by atoms with E-state index < -0.39 is 0 Å². The number of ketones is 1. The fourth-order valence-electron chi connectivity index (χ4n) is 2.58. The molecule has 94 valence electrons. The molecule has 0 amide bonds. The van der Waals surface area contributed by atoms with E-state index in [9.17, 15) is 4.79 Å². The van der Waals surface area contributed by atoms with E-state index in [4.69, 9.17) is 4.74 Å². The number of nitrogens with zero attached hydrogens (tertiary/aromatic N) is 2. The molecule has 17 heavy (non-hydrogen) atoms. The highest BCUT2D eigenvalue weighted by Crippen LogP contribution is 2.29. The number of methoxy groups -OCH3 is 1. The third kappa shape index (κ3) is 2.51. The molecule has 0 atom stereocenters. The SMILES string of the molecule is COc1cnn(C)c1C(=O)C1CCCCCC1. The van der Waals surface area contributed by atoms with Crippen LogP contribution in [0.2, 0.25) is 0 Å². The maximum atomic E-state index is 12.5. The summed E-state index contributed by atoms with van der Waals surface area (Å²) in [6, 6.07) is 0. The van der Waals surface area contributed by atoms with Crippen molar-refractivity contribution in [3.8, 4) is 5.75 Å². The third-order valence-electron chi connectivity index (χ3n) is 3.58. The zero-order valence-corrected chi connectivity index (χ0v) is 10.6. The van der Waals surface area contributed by atoms with Crippen molar-refractivity contribution in [3.05, 3.63) is 11.9 Å². The predicted molar refractivity (Wildman–Crippen MR) is 65.3 cm³/mol. The Bertz CT molecular complexity index is 390. The largest absolute Gasteiger partial charge is 0.493 e. The summed E-state index contributed by atoms with van der Waals surface area (Å²) in [6.07, 6.45) is 8.47. The summed E-state index contributed by atoms with van der Waals surface area (Å²) < 4.78 is 6.84. The molecule has 4 heteroatoms. The lowest BCUT2D eigenvalue weighted by Gasteiger charge is -2.13. The molecular formula is C13H20N2O2. The molecule has 0 bridgehead atoms. The number of aromatic nitrogens is 2. The van der Waals surface area contributed by atoms with Crippen molar-refractivity contribution in [1.82, 2.24) is 9.78 Å². The van der Waals surface area contributed by atoms with Gasteiger partial charge in [0.1, 0.15) is 5.69 Å². The van der Waals surface area contributed by atoms with Gasteiger partial charge in [-0.15, -0.1) is 0 Å². The van der Waals surface area contributed by atoms with E-state index in [0.29, 0.717) is 11.4 Å². The average molecular weight is 236 g/mol. The summed E-state index contributed by atoms with van der Waals surface area (Å²) >= 11 is 0. The molecule has 0 radical (unpaired) electrons. The van der Waals surface area contributed by atoms with Gasteiger partial charge in [0.15, 0.2) is 11.5 Å². The quantitative estimate of drug-likeness (QED) is 0.598. The van der Waals surface area contributed by atoms with E-state index in [1.807, 2.05) is 0 Å². The second kappa shape index (κ2) is 5.34. The first-order chi connectivity index (χ1) is 8.24. The first-order valence-electron chi connectivity index (χ1n) is 6.34. The molecule has 1 aliphatic carbocycles. The monoisotopic (exact) mass is 236 g/mol. The van der Waals surface area contributed by atoms with Crippen LogP contribution in [-0.4, -0.2) is 22.7 Å². The van der Waals surface area contributed by atoms with E-state index in [1.165, 1.54) is 12.8 Å². The Morgan fingerprint density at radius 1 is 1.35 bits per heavy atom. The minimum atomic E-state index is 0.154. The molecule has 4 nitrogen and oxygen atoms in total. The number of carbonyl (C=O) groups is 1.